The van der Waals surface area contributed by atoms with Gasteiger partial charge in [0.2, 0.25) is 0 Å². The van der Waals surface area contributed by atoms with Gasteiger partial charge in [0.15, 0.2) is 5.65 Å². The highest BCUT2D eigenvalue weighted by Crippen LogP contribution is 2.23. The highest BCUT2D eigenvalue weighted by Gasteiger charge is 2.14. The minimum atomic E-state index is -0.329. The molecule has 2 heterocycles. The van der Waals surface area contributed by atoms with Crippen LogP contribution in [0.2, 0.25) is 0 Å². The molecule has 30 heavy (non-hydrogen) atoms. The summed E-state index contributed by atoms with van der Waals surface area (Å²) in [6.45, 7) is 2.55. The van der Waals surface area contributed by atoms with Crippen LogP contribution in [0.1, 0.15) is 22.4 Å². The van der Waals surface area contributed by atoms with E-state index in [2.05, 4.69) is 21.4 Å². The highest BCUT2D eigenvalue weighted by molar-refractivity contribution is 5.90. The fourth-order valence-electron chi connectivity index (χ4n) is 3.21. The molecule has 0 saturated heterocycles. The minimum Gasteiger partial charge on any atom is -0.404 e. The highest BCUT2D eigenvalue weighted by atomic mass is 16.7. The summed E-state index contributed by atoms with van der Waals surface area (Å²) in [5, 5.41) is 13.1. The van der Waals surface area contributed by atoms with Gasteiger partial charge in [-0.15, -0.1) is 4.73 Å². The van der Waals surface area contributed by atoms with Crippen LogP contribution in [0.15, 0.2) is 71.8 Å². The van der Waals surface area contributed by atoms with Gasteiger partial charge >= 0.3 is 0 Å². The van der Waals surface area contributed by atoms with Crippen molar-refractivity contribution in [2.75, 3.05) is 5.32 Å². The van der Waals surface area contributed by atoms with Gasteiger partial charge in [-0.1, -0.05) is 42.5 Å². The van der Waals surface area contributed by atoms with Gasteiger partial charge < -0.3 is 10.2 Å². The molecule has 0 aliphatic rings. The van der Waals surface area contributed by atoms with Crippen LogP contribution in [-0.4, -0.2) is 14.7 Å². The van der Waals surface area contributed by atoms with E-state index < -0.39 is 0 Å². The van der Waals surface area contributed by atoms with Gasteiger partial charge in [-0.05, 0) is 30.2 Å². The van der Waals surface area contributed by atoms with Gasteiger partial charge in [0.25, 0.3) is 5.56 Å². The Balaban J connectivity index is 1.67. The van der Waals surface area contributed by atoms with E-state index in [1.54, 1.807) is 6.07 Å². The van der Waals surface area contributed by atoms with E-state index >= 15 is 0 Å². The average Bonchev–Trinajstić information content (AvgIpc) is 2.78. The van der Waals surface area contributed by atoms with E-state index in [1.165, 1.54) is 17.1 Å². The summed E-state index contributed by atoms with van der Waals surface area (Å²) in [6, 6.07) is 20.5. The van der Waals surface area contributed by atoms with Gasteiger partial charge in [-0.2, -0.15) is 5.26 Å². The van der Waals surface area contributed by atoms with Gasteiger partial charge in [0.05, 0.1) is 28.4 Å². The third kappa shape index (κ3) is 3.98. The quantitative estimate of drug-likeness (QED) is 0.537. The van der Waals surface area contributed by atoms with Crippen LogP contribution in [0, 0.1) is 18.3 Å². The summed E-state index contributed by atoms with van der Waals surface area (Å²) < 4.78 is 1.21. The standard InChI is InChI=1S/C23H19N5O2/c1-16-22-20(25-13-19-9-5-8-18(10-19)12-24)11-21(29)28(23(22)27-15-26-16)30-14-17-6-3-2-4-7-17/h2-11,15,25H,13-14H2,1H3. The zero-order chi connectivity index (χ0) is 20.9. The maximum Gasteiger partial charge on any atom is 0.287 e. The Labute approximate surface area is 173 Å². The van der Waals surface area contributed by atoms with Crippen molar-refractivity contribution in [3.05, 3.63) is 99.7 Å². The molecule has 0 fully saturated rings. The number of hydrogen-bond acceptors (Lipinski definition) is 6. The van der Waals surface area contributed by atoms with Gasteiger partial charge in [-0.3, -0.25) is 4.79 Å². The van der Waals surface area contributed by atoms with Crippen LogP contribution in [-0.2, 0) is 13.2 Å². The Kier molecular flexibility index (Phi) is 5.39. The summed E-state index contributed by atoms with van der Waals surface area (Å²) in [7, 11) is 0. The topological polar surface area (TPSA) is 92.8 Å². The molecule has 7 heteroatoms. The largest absolute Gasteiger partial charge is 0.404 e. The molecule has 4 rings (SSSR count). The van der Waals surface area contributed by atoms with E-state index in [0.29, 0.717) is 28.8 Å². The van der Waals surface area contributed by atoms with Gasteiger partial charge in [0, 0.05) is 12.6 Å². The van der Waals surface area contributed by atoms with Crippen LogP contribution in [0.3, 0.4) is 0 Å². The first-order valence-corrected chi connectivity index (χ1v) is 9.43. The third-order valence-electron chi connectivity index (χ3n) is 4.69. The van der Waals surface area contributed by atoms with E-state index in [4.69, 9.17) is 10.1 Å². The molecule has 0 radical (unpaired) electrons. The normalized spacial score (nSPS) is 10.5. The molecule has 2 aromatic heterocycles. The second kappa shape index (κ2) is 8.45. The lowest BCUT2D eigenvalue weighted by molar-refractivity contribution is 0.0979. The molecule has 0 unspecified atom stereocenters. The Morgan fingerprint density at radius 3 is 2.67 bits per heavy atom. The summed E-state index contributed by atoms with van der Waals surface area (Å²) >= 11 is 0. The Bertz CT molecular complexity index is 1290. The average molecular weight is 397 g/mol. The molecule has 0 bridgehead atoms. The van der Waals surface area contributed by atoms with Crippen molar-refractivity contribution in [3.8, 4) is 6.07 Å². The molecule has 1 N–H and O–H groups in total. The number of nitriles is 1. The monoisotopic (exact) mass is 397 g/mol. The van der Waals surface area contributed by atoms with E-state index in [0.717, 1.165) is 16.8 Å². The fraction of sp³-hybridized carbons (Fsp3) is 0.130. The molecule has 0 saturated carbocycles. The molecule has 0 aliphatic heterocycles. The van der Waals surface area contributed by atoms with Crippen molar-refractivity contribution >= 4 is 16.7 Å². The smallest absolute Gasteiger partial charge is 0.287 e. The maximum absolute atomic E-state index is 12.8. The van der Waals surface area contributed by atoms with E-state index in [1.807, 2.05) is 55.5 Å². The first-order valence-electron chi connectivity index (χ1n) is 9.43. The van der Waals surface area contributed by atoms with Crippen molar-refractivity contribution in [2.45, 2.75) is 20.1 Å². The summed E-state index contributed by atoms with van der Waals surface area (Å²) in [6.07, 6.45) is 1.42. The van der Waals surface area contributed by atoms with Crippen molar-refractivity contribution < 1.29 is 4.84 Å². The Morgan fingerprint density at radius 1 is 1.07 bits per heavy atom. The molecule has 0 amide bonds. The lowest BCUT2D eigenvalue weighted by atomic mass is 10.1. The number of rotatable bonds is 6. The Hall–Kier alpha value is -4.18. The molecule has 0 atom stereocenters. The minimum absolute atomic E-state index is 0.243. The zero-order valence-electron chi connectivity index (χ0n) is 16.4. The molecule has 0 aliphatic carbocycles. The number of aryl methyl sites for hydroxylation is 1. The predicted molar refractivity (Wildman–Crippen MR) is 114 cm³/mol. The molecule has 2 aromatic carbocycles. The van der Waals surface area contributed by atoms with Crippen molar-refractivity contribution in [3.63, 3.8) is 0 Å². The molecule has 148 valence electrons. The SMILES string of the molecule is Cc1ncnc2c1c(NCc1cccc(C#N)c1)cc(=O)n2OCc1ccccc1. The third-order valence-corrected chi connectivity index (χ3v) is 4.69. The lowest BCUT2D eigenvalue weighted by Gasteiger charge is -2.15. The molecular formula is C23H19N5O2. The number of benzene rings is 2. The number of anilines is 1. The van der Waals surface area contributed by atoms with Crippen LogP contribution < -0.4 is 15.7 Å². The molecular weight excluding hydrogens is 378 g/mol. The van der Waals surface area contributed by atoms with Crippen LogP contribution in [0.5, 0.6) is 0 Å². The number of nitrogens with zero attached hydrogens (tertiary/aromatic N) is 4. The maximum atomic E-state index is 12.8. The van der Waals surface area contributed by atoms with E-state index in [-0.39, 0.29) is 12.2 Å². The first kappa shape index (κ1) is 19.2. The van der Waals surface area contributed by atoms with Crippen LogP contribution in [0.4, 0.5) is 5.69 Å². The first-order chi connectivity index (χ1) is 14.7. The molecule has 7 nitrogen and oxygen atoms in total. The second-order valence-corrected chi connectivity index (χ2v) is 6.77. The number of pyridine rings is 1. The summed E-state index contributed by atoms with van der Waals surface area (Å²) in [5.74, 6) is 0. The Morgan fingerprint density at radius 2 is 1.87 bits per heavy atom. The van der Waals surface area contributed by atoms with Crippen LogP contribution in [0.25, 0.3) is 11.0 Å². The lowest BCUT2D eigenvalue weighted by Crippen LogP contribution is -2.28. The summed E-state index contributed by atoms with van der Waals surface area (Å²) in [4.78, 5) is 27.2. The second-order valence-electron chi connectivity index (χ2n) is 6.77. The molecule has 0 spiro atoms. The van der Waals surface area contributed by atoms with Crippen molar-refractivity contribution in [2.24, 2.45) is 0 Å². The number of aromatic nitrogens is 3. The number of nitrogens with one attached hydrogen (secondary N) is 1. The van der Waals surface area contributed by atoms with Gasteiger partial charge in [0.1, 0.15) is 12.9 Å². The summed E-state index contributed by atoms with van der Waals surface area (Å²) in [5.41, 5.74) is 3.89. The van der Waals surface area contributed by atoms with Crippen molar-refractivity contribution in [1.82, 2.24) is 14.7 Å². The number of hydrogen-bond donors (Lipinski definition) is 1. The van der Waals surface area contributed by atoms with Crippen LogP contribution >= 0.6 is 0 Å². The van der Waals surface area contributed by atoms with E-state index in [9.17, 15) is 4.79 Å². The molecule has 4 aromatic rings. The zero-order valence-corrected chi connectivity index (χ0v) is 16.4. The van der Waals surface area contributed by atoms with Crippen molar-refractivity contribution in [1.29, 1.82) is 5.26 Å². The van der Waals surface area contributed by atoms with Gasteiger partial charge in [-0.25, -0.2) is 9.97 Å². The number of fused-ring (bicyclic) bond motifs is 1. The predicted octanol–water partition coefficient (Wildman–Crippen LogP) is 3.21. The fourth-order valence-corrected chi connectivity index (χ4v) is 3.21.